The number of hydrogen-bond acceptors (Lipinski definition) is 3. The van der Waals surface area contributed by atoms with Gasteiger partial charge in [0.2, 0.25) is 0 Å². The van der Waals surface area contributed by atoms with Crippen LogP contribution in [-0.4, -0.2) is 20.7 Å². The number of amides is 1. The molecule has 0 saturated heterocycles. The van der Waals surface area contributed by atoms with Crippen LogP contribution in [0.25, 0.3) is 16.7 Å². The lowest BCUT2D eigenvalue weighted by Crippen LogP contribution is -2.13. The third-order valence-electron chi connectivity index (χ3n) is 4.74. The van der Waals surface area contributed by atoms with Crippen LogP contribution in [0, 0.1) is 12.7 Å². The van der Waals surface area contributed by atoms with Gasteiger partial charge >= 0.3 is 0 Å². The fourth-order valence-corrected chi connectivity index (χ4v) is 3.51. The number of benzene rings is 2. The molecule has 29 heavy (non-hydrogen) atoms. The topological polar surface area (TPSA) is 59.8 Å². The van der Waals surface area contributed by atoms with Gasteiger partial charge in [-0.2, -0.15) is 5.10 Å². The highest BCUT2D eigenvalue weighted by atomic mass is 35.5. The molecule has 0 aliphatic heterocycles. The molecule has 146 valence electrons. The molecule has 2 heterocycles. The molecule has 0 bridgehead atoms. The summed E-state index contributed by atoms with van der Waals surface area (Å²) in [5, 5.41) is 8.19. The van der Waals surface area contributed by atoms with Crippen molar-refractivity contribution < 1.29 is 9.18 Å². The molecular weight excluding hydrogens is 391 g/mol. The summed E-state index contributed by atoms with van der Waals surface area (Å²) in [5.41, 5.74) is 3.92. The van der Waals surface area contributed by atoms with E-state index in [2.05, 4.69) is 22.3 Å². The Morgan fingerprint density at radius 1 is 1.14 bits per heavy atom. The smallest absolute Gasteiger partial charge is 0.258 e. The molecule has 7 heteroatoms. The second kappa shape index (κ2) is 7.64. The minimum absolute atomic E-state index is 0.264. The van der Waals surface area contributed by atoms with Crippen LogP contribution in [-0.2, 0) is 6.42 Å². The first-order chi connectivity index (χ1) is 14.0. The molecule has 2 aromatic heterocycles. The maximum atomic E-state index is 13.2. The molecule has 0 spiro atoms. The molecule has 4 rings (SSSR count). The van der Waals surface area contributed by atoms with E-state index in [4.69, 9.17) is 11.6 Å². The first-order valence-corrected chi connectivity index (χ1v) is 9.55. The number of fused-ring (bicyclic) bond motifs is 1. The molecule has 0 unspecified atom stereocenters. The van der Waals surface area contributed by atoms with Gasteiger partial charge in [0.15, 0.2) is 5.65 Å². The molecule has 5 nitrogen and oxygen atoms in total. The van der Waals surface area contributed by atoms with Crippen LogP contribution >= 0.6 is 11.6 Å². The van der Waals surface area contributed by atoms with E-state index in [1.807, 2.05) is 24.3 Å². The van der Waals surface area contributed by atoms with Crippen molar-refractivity contribution in [3.63, 3.8) is 0 Å². The normalized spacial score (nSPS) is 11.0. The molecule has 0 fully saturated rings. The van der Waals surface area contributed by atoms with E-state index >= 15 is 0 Å². The predicted octanol–water partition coefficient (Wildman–Crippen LogP) is 5.34. The Kier molecular flexibility index (Phi) is 5.03. The van der Waals surface area contributed by atoms with Crippen molar-refractivity contribution in [1.82, 2.24) is 14.8 Å². The number of pyridine rings is 1. The number of anilines is 1. The Balaban J connectivity index is 1.71. The summed E-state index contributed by atoms with van der Waals surface area (Å²) in [6.07, 6.45) is 2.36. The minimum atomic E-state index is -0.345. The second-order valence-electron chi connectivity index (χ2n) is 6.66. The van der Waals surface area contributed by atoms with Crippen molar-refractivity contribution in [2.24, 2.45) is 0 Å². The summed E-state index contributed by atoms with van der Waals surface area (Å²) in [5.74, 6) is -0.679. The Morgan fingerprint density at radius 3 is 2.48 bits per heavy atom. The highest BCUT2D eigenvalue weighted by Crippen LogP contribution is 2.30. The Hall–Kier alpha value is -3.25. The molecule has 0 aliphatic carbocycles. The third-order valence-corrected chi connectivity index (χ3v) is 5.14. The molecule has 1 amide bonds. The van der Waals surface area contributed by atoms with Gasteiger partial charge < -0.3 is 5.32 Å². The highest BCUT2D eigenvalue weighted by Gasteiger charge is 2.20. The zero-order valence-corrected chi connectivity index (χ0v) is 16.7. The zero-order chi connectivity index (χ0) is 20.5. The lowest BCUT2D eigenvalue weighted by molar-refractivity contribution is 0.102. The van der Waals surface area contributed by atoms with E-state index in [1.54, 1.807) is 23.7 Å². The van der Waals surface area contributed by atoms with Crippen LogP contribution in [0.15, 0.2) is 54.7 Å². The maximum absolute atomic E-state index is 13.2. The van der Waals surface area contributed by atoms with Gasteiger partial charge in [0.1, 0.15) is 5.82 Å². The van der Waals surface area contributed by atoms with E-state index in [9.17, 15) is 9.18 Å². The van der Waals surface area contributed by atoms with Crippen LogP contribution in [0.2, 0.25) is 5.02 Å². The van der Waals surface area contributed by atoms with E-state index in [-0.39, 0.29) is 22.3 Å². The molecule has 1 N–H and O–H groups in total. The molecular formula is C22H18ClFN4O. The van der Waals surface area contributed by atoms with Crippen molar-refractivity contribution in [2.45, 2.75) is 20.3 Å². The van der Waals surface area contributed by atoms with Crippen molar-refractivity contribution in [3.05, 3.63) is 82.4 Å². The number of aromatic nitrogens is 3. The number of hydrogen-bond donors (Lipinski definition) is 1. The lowest BCUT2D eigenvalue weighted by atomic mass is 10.1. The van der Waals surface area contributed by atoms with Crippen LogP contribution in [0.1, 0.15) is 28.5 Å². The second-order valence-corrected chi connectivity index (χ2v) is 7.04. The fourth-order valence-electron chi connectivity index (χ4n) is 3.15. The number of aryl methyl sites for hydroxylation is 2. The maximum Gasteiger partial charge on any atom is 0.258 e. The number of nitrogens with one attached hydrogen (secondary N) is 1. The van der Waals surface area contributed by atoms with Crippen LogP contribution in [0.4, 0.5) is 10.1 Å². The first-order valence-electron chi connectivity index (χ1n) is 9.18. The van der Waals surface area contributed by atoms with E-state index in [0.717, 1.165) is 6.42 Å². The van der Waals surface area contributed by atoms with Gasteiger partial charge in [0.05, 0.1) is 27.4 Å². The molecule has 0 radical (unpaired) electrons. The number of carbonyl (C=O) groups is 1. The summed E-state index contributed by atoms with van der Waals surface area (Å²) in [7, 11) is 0. The molecule has 4 aromatic rings. The van der Waals surface area contributed by atoms with Crippen molar-refractivity contribution in [1.29, 1.82) is 0 Å². The third kappa shape index (κ3) is 3.59. The first kappa shape index (κ1) is 19.1. The van der Waals surface area contributed by atoms with Crippen molar-refractivity contribution in [2.75, 3.05) is 5.32 Å². The Morgan fingerprint density at radius 2 is 1.83 bits per heavy atom. The SMILES string of the molecule is CCc1ccc(NC(=O)c2cnc3c(c(C)nn3-c3ccc(F)cc3)c2Cl)cc1. The summed E-state index contributed by atoms with van der Waals surface area (Å²) < 4.78 is 14.8. The summed E-state index contributed by atoms with van der Waals surface area (Å²) >= 11 is 6.57. The van der Waals surface area contributed by atoms with Crippen LogP contribution < -0.4 is 5.32 Å². The fraction of sp³-hybridized carbons (Fsp3) is 0.136. The number of nitrogens with zero attached hydrogens (tertiary/aromatic N) is 3. The van der Waals surface area contributed by atoms with Gasteiger partial charge in [-0.05, 0) is 55.3 Å². The number of carbonyl (C=O) groups excluding carboxylic acids is 1. The summed E-state index contributed by atoms with van der Waals surface area (Å²) in [6, 6.07) is 13.6. The molecule has 0 aliphatic rings. The molecule has 0 saturated carbocycles. The van der Waals surface area contributed by atoms with Gasteiger partial charge in [-0.25, -0.2) is 14.1 Å². The van der Waals surface area contributed by atoms with Crippen LogP contribution in [0.3, 0.4) is 0 Å². The van der Waals surface area contributed by atoms with Crippen LogP contribution in [0.5, 0.6) is 0 Å². The van der Waals surface area contributed by atoms with E-state index < -0.39 is 0 Å². The van der Waals surface area contributed by atoms with Crippen molar-refractivity contribution >= 4 is 34.2 Å². The number of rotatable bonds is 4. The average Bonchev–Trinajstić information content (AvgIpc) is 3.06. The van der Waals surface area contributed by atoms with Gasteiger partial charge in [-0.1, -0.05) is 30.7 Å². The molecule has 2 aromatic carbocycles. The lowest BCUT2D eigenvalue weighted by Gasteiger charge is -2.08. The van der Waals surface area contributed by atoms with E-state index in [0.29, 0.717) is 28.1 Å². The standard InChI is InChI=1S/C22H18ClFN4O/c1-3-14-4-8-16(9-5-14)26-22(29)18-12-25-21-19(20(18)23)13(2)27-28(21)17-10-6-15(24)7-11-17/h4-12H,3H2,1-2H3,(H,26,29). The quantitative estimate of drug-likeness (QED) is 0.496. The van der Waals surface area contributed by atoms with Gasteiger partial charge in [-0.15, -0.1) is 0 Å². The minimum Gasteiger partial charge on any atom is -0.322 e. The number of halogens is 2. The average molecular weight is 409 g/mol. The van der Waals surface area contributed by atoms with Gasteiger partial charge in [-0.3, -0.25) is 4.79 Å². The Labute approximate surface area is 172 Å². The van der Waals surface area contributed by atoms with Gasteiger partial charge in [0, 0.05) is 11.9 Å². The highest BCUT2D eigenvalue weighted by molar-refractivity contribution is 6.39. The Bertz CT molecular complexity index is 1200. The molecule has 0 atom stereocenters. The van der Waals surface area contributed by atoms with Gasteiger partial charge in [0.25, 0.3) is 5.91 Å². The summed E-state index contributed by atoms with van der Waals surface area (Å²) in [4.78, 5) is 17.2. The zero-order valence-electron chi connectivity index (χ0n) is 15.9. The van der Waals surface area contributed by atoms with E-state index in [1.165, 1.54) is 23.9 Å². The predicted molar refractivity (Wildman–Crippen MR) is 112 cm³/mol. The summed E-state index contributed by atoms with van der Waals surface area (Å²) in [6.45, 7) is 3.86. The van der Waals surface area contributed by atoms with Crippen molar-refractivity contribution in [3.8, 4) is 5.69 Å². The monoisotopic (exact) mass is 408 g/mol. The largest absolute Gasteiger partial charge is 0.322 e.